The molecule has 6 atom stereocenters. The van der Waals surface area contributed by atoms with Crippen molar-refractivity contribution in [2.45, 2.75) is 25.7 Å². The first-order chi connectivity index (χ1) is 9.20. The van der Waals surface area contributed by atoms with Crippen LogP contribution in [0.3, 0.4) is 0 Å². The first kappa shape index (κ1) is 10.4. The van der Waals surface area contributed by atoms with E-state index in [1.54, 1.807) is 0 Å². The molecule has 2 bridgehead atoms. The molecule has 19 heavy (non-hydrogen) atoms. The van der Waals surface area contributed by atoms with Gasteiger partial charge in [0.2, 0.25) is 0 Å². The summed E-state index contributed by atoms with van der Waals surface area (Å²) in [6.45, 7) is 0. The van der Waals surface area contributed by atoms with Crippen molar-refractivity contribution in [3.8, 4) is 0 Å². The maximum absolute atomic E-state index is 12.1. The Balaban J connectivity index is 1.75. The number of carbonyl (C=O) groups is 2. The fraction of sp³-hybridized carbons (Fsp3) is 0.625. The average molecular weight is 256 g/mol. The largest absolute Gasteiger partial charge is 0.393 e. The highest BCUT2D eigenvalue weighted by molar-refractivity contribution is 5.98. The van der Waals surface area contributed by atoms with E-state index in [1.165, 1.54) is 25.7 Å². The van der Waals surface area contributed by atoms with Crippen LogP contribution in [0.2, 0.25) is 0 Å². The minimum Gasteiger partial charge on any atom is -0.393 e. The summed E-state index contributed by atoms with van der Waals surface area (Å²) in [6, 6.07) is 0. The highest BCUT2D eigenvalue weighted by Crippen LogP contribution is 2.75. The number of rotatable bonds is 0. The SMILES string of the molecule is O=C1OC(=O)[C@@H]2[C@@H]1[C@H]1C=C[C@H]2[C@]23C=C[C@]12CCCC3. The van der Waals surface area contributed by atoms with E-state index in [-0.39, 0.29) is 46.4 Å². The molecule has 0 amide bonds. The summed E-state index contributed by atoms with van der Waals surface area (Å²) in [5.41, 5.74) is 0.297. The second-order valence-electron chi connectivity index (χ2n) is 6.85. The second kappa shape index (κ2) is 2.87. The van der Waals surface area contributed by atoms with Crippen molar-refractivity contribution in [2.75, 3.05) is 0 Å². The van der Waals surface area contributed by atoms with Crippen LogP contribution < -0.4 is 0 Å². The lowest BCUT2D eigenvalue weighted by molar-refractivity contribution is -0.154. The maximum Gasteiger partial charge on any atom is 0.318 e. The molecule has 3 heteroatoms. The first-order valence-electron chi connectivity index (χ1n) is 7.34. The van der Waals surface area contributed by atoms with Crippen LogP contribution in [0.25, 0.3) is 0 Å². The lowest BCUT2D eigenvalue weighted by Crippen LogP contribution is -2.66. The van der Waals surface area contributed by atoms with Gasteiger partial charge in [0.15, 0.2) is 0 Å². The second-order valence-corrected chi connectivity index (χ2v) is 6.85. The Bertz CT molecular complexity index is 527. The van der Waals surface area contributed by atoms with Gasteiger partial charge in [-0.25, -0.2) is 0 Å². The summed E-state index contributed by atoms with van der Waals surface area (Å²) in [6.07, 6.45) is 13.9. The van der Waals surface area contributed by atoms with E-state index in [0.717, 1.165) is 0 Å². The average Bonchev–Trinajstić information content (AvgIpc) is 2.69. The minimum atomic E-state index is -0.275. The molecule has 0 N–H and O–H groups in total. The summed E-state index contributed by atoms with van der Waals surface area (Å²) in [7, 11) is 0. The standard InChI is InChI=1S/C16H16O3/c17-13-11-9-3-4-10(12(11)14(18)19-13)16-6-2-1-5-15(9,16)7-8-16/h3-4,7-12H,1-2,5-6H2/t9-,10-,11+,12+,15-,16+/m1/s1. The van der Waals surface area contributed by atoms with Gasteiger partial charge < -0.3 is 4.74 Å². The highest BCUT2D eigenvalue weighted by Gasteiger charge is 2.74. The van der Waals surface area contributed by atoms with Crippen molar-refractivity contribution in [3.05, 3.63) is 24.3 Å². The minimum absolute atomic E-state index is 0.148. The zero-order valence-corrected chi connectivity index (χ0v) is 10.7. The van der Waals surface area contributed by atoms with Crippen molar-refractivity contribution in [1.29, 1.82) is 0 Å². The third-order valence-corrected chi connectivity index (χ3v) is 6.60. The van der Waals surface area contributed by atoms with Gasteiger partial charge in [-0.2, -0.15) is 0 Å². The summed E-state index contributed by atoms with van der Waals surface area (Å²) in [4.78, 5) is 24.1. The molecule has 6 rings (SSSR count). The number of ether oxygens (including phenoxy) is 1. The van der Waals surface area contributed by atoms with Crippen LogP contribution in [0.15, 0.2) is 24.3 Å². The van der Waals surface area contributed by atoms with Crippen molar-refractivity contribution in [1.82, 2.24) is 0 Å². The van der Waals surface area contributed by atoms with E-state index < -0.39 is 0 Å². The van der Waals surface area contributed by atoms with Crippen LogP contribution in [0.1, 0.15) is 25.7 Å². The number of esters is 2. The lowest BCUT2D eigenvalue weighted by atomic mass is 9.32. The van der Waals surface area contributed by atoms with Gasteiger partial charge in [0.05, 0.1) is 11.8 Å². The van der Waals surface area contributed by atoms with Crippen LogP contribution in [-0.2, 0) is 14.3 Å². The Kier molecular flexibility index (Phi) is 1.57. The molecule has 1 aliphatic heterocycles. The van der Waals surface area contributed by atoms with E-state index >= 15 is 0 Å². The molecular formula is C16H16O3. The molecule has 0 spiro atoms. The smallest absolute Gasteiger partial charge is 0.318 e. The van der Waals surface area contributed by atoms with Crippen LogP contribution >= 0.6 is 0 Å². The predicted octanol–water partition coefficient (Wildman–Crippen LogP) is 2.23. The van der Waals surface area contributed by atoms with Crippen LogP contribution in [-0.4, -0.2) is 11.9 Å². The zero-order valence-electron chi connectivity index (χ0n) is 10.7. The summed E-state index contributed by atoms with van der Waals surface area (Å²) in [5, 5.41) is 0. The third kappa shape index (κ3) is 0.851. The van der Waals surface area contributed by atoms with Crippen molar-refractivity contribution in [3.63, 3.8) is 0 Å². The molecule has 98 valence electrons. The Morgan fingerprint density at radius 3 is 1.79 bits per heavy atom. The monoisotopic (exact) mass is 256 g/mol. The quantitative estimate of drug-likeness (QED) is 0.379. The Labute approximate surface area is 111 Å². The number of cyclic esters (lactones) is 2. The maximum atomic E-state index is 12.1. The predicted molar refractivity (Wildman–Crippen MR) is 66.7 cm³/mol. The Morgan fingerprint density at radius 1 is 0.895 bits per heavy atom. The van der Waals surface area contributed by atoms with E-state index in [9.17, 15) is 9.59 Å². The molecule has 6 aliphatic rings. The highest BCUT2D eigenvalue weighted by atomic mass is 16.6. The molecule has 0 radical (unpaired) electrons. The van der Waals surface area contributed by atoms with Crippen LogP contribution in [0.4, 0.5) is 0 Å². The number of carbonyl (C=O) groups excluding carboxylic acids is 2. The molecule has 1 heterocycles. The van der Waals surface area contributed by atoms with E-state index in [0.29, 0.717) is 0 Å². The van der Waals surface area contributed by atoms with E-state index in [2.05, 4.69) is 24.3 Å². The molecule has 0 unspecified atom stereocenters. The van der Waals surface area contributed by atoms with Crippen molar-refractivity contribution < 1.29 is 14.3 Å². The summed E-state index contributed by atoms with van der Waals surface area (Å²) >= 11 is 0. The molecule has 0 aromatic carbocycles. The zero-order chi connectivity index (χ0) is 12.8. The Morgan fingerprint density at radius 2 is 1.37 bits per heavy atom. The Hall–Kier alpha value is -1.38. The van der Waals surface area contributed by atoms with Crippen molar-refractivity contribution in [2.24, 2.45) is 34.5 Å². The number of allylic oxidation sites excluding steroid dienone is 4. The van der Waals surface area contributed by atoms with Crippen molar-refractivity contribution >= 4 is 11.9 Å². The molecule has 3 nitrogen and oxygen atoms in total. The molecule has 0 aromatic heterocycles. The number of hydrogen-bond donors (Lipinski definition) is 0. The van der Waals surface area contributed by atoms with Gasteiger partial charge in [-0.15, -0.1) is 0 Å². The van der Waals surface area contributed by atoms with Crippen LogP contribution in [0, 0.1) is 34.5 Å². The first-order valence-corrected chi connectivity index (χ1v) is 7.34. The van der Waals surface area contributed by atoms with Gasteiger partial charge in [-0.1, -0.05) is 37.1 Å². The molecule has 3 fully saturated rings. The topological polar surface area (TPSA) is 43.4 Å². The van der Waals surface area contributed by atoms with Gasteiger partial charge >= 0.3 is 11.9 Å². The van der Waals surface area contributed by atoms with E-state index in [1.807, 2.05) is 0 Å². The normalized spacial score (nSPS) is 56.2. The van der Waals surface area contributed by atoms with Gasteiger partial charge in [0, 0.05) is 22.7 Å². The van der Waals surface area contributed by atoms with Gasteiger partial charge in [-0.05, 0) is 12.8 Å². The van der Waals surface area contributed by atoms with Gasteiger partial charge in [-0.3, -0.25) is 9.59 Å². The number of hydrogen-bond acceptors (Lipinski definition) is 3. The molecule has 2 saturated carbocycles. The fourth-order valence-corrected chi connectivity index (χ4v) is 5.89. The molecule has 5 aliphatic carbocycles. The van der Waals surface area contributed by atoms with Gasteiger partial charge in [0.1, 0.15) is 0 Å². The van der Waals surface area contributed by atoms with Gasteiger partial charge in [0.25, 0.3) is 0 Å². The molecule has 1 saturated heterocycles. The summed E-state index contributed by atoms with van der Waals surface area (Å²) < 4.78 is 4.97. The third-order valence-electron chi connectivity index (χ3n) is 6.60. The van der Waals surface area contributed by atoms with Crippen LogP contribution in [0.5, 0.6) is 0 Å². The molecular weight excluding hydrogens is 240 g/mol. The lowest BCUT2D eigenvalue weighted by Gasteiger charge is -2.69. The molecule has 0 aromatic rings. The van der Waals surface area contributed by atoms with E-state index in [4.69, 9.17) is 4.74 Å². The fourth-order valence-electron chi connectivity index (χ4n) is 5.89. The summed E-state index contributed by atoms with van der Waals surface area (Å²) in [5.74, 6) is -0.595.